The fourth-order valence-electron chi connectivity index (χ4n) is 4.13. The zero-order valence-corrected chi connectivity index (χ0v) is 19.6. The van der Waals surface area contributed by atoms with Crippen molar-refractivity contribution in [2.24, 2.45) is 0 Å². The third-order valence-corrected chi connectivity index (χ3v) is 6.16. The molecule has 1 saturated heterocycles. The van der Waals surface area contributed by atoms with Crippen LogP contribution in [0.5, 0.6) is 0 Å². The van der Waals surface area contributed by atoms with E-state index < -0.39 is 12.2 Å². The highest BCUT2D eigenvalue weighted by molar-refractivity contribution is 6.34. The Bertz CT molecular complexity index is 1050. The van der Waals surface area contributed by atoms with E-state index in [1.807, 2.05) is 72.8 Å². The first-order valence-corrected chi connectivity index (χ1v) is 11.6. The Morgan fingerprint density at radius 2 is 1.45 bits per heavy atom. The molecule has 0 unspecified atom stereocenters. The maximum absolute atomic E-state index is 12.7. The van der Waals surface area contributed by atoms with E-state index in [1.165, 1.54) is 0 Å². The number of carbonyl (C=O) groups excluding carboxylic acids is 1. The average Bonchev–Trinajstić information content (AvgIpc) is 3.19. The topological polar surface area (TPSA) is 53.0 Å². The van der Waals surface area contributed by atoms with Crippen molar-refractivity contribution in [3.8, 4) is 0 Å². The van der Waals surface area contributed by atoms with Crippen molar-refractivity contribution in [3.63, 3.8) is 0 Å². The lowest BCUT2D eigenvalue weighted by molar-refractivity contribution is 0.0728. The van der Waals surface area contributed by atoms with Gasteiger partial charge in [-0.05, 0) is 34.9 Å². The number of nitrogens with zero attached hydrogens (tertiary/aromatic N) is 2. The summed E-state index contributed by atoms with van der Waals surface area (Å²) in [7, 11) is 0. The predicted molar refractivity (Wildman–Crippen MR) is 130 cm³/mol. The Morgan fingerprint density at radius 3 is 2.09 bits per heavy atom. The number of amides is 1. The Hall–Kier alpha value is -2.57. The van der Waals surface area contributed by atoms with Gasteiger partial charge in [-0.2, -0.15) is 0 Å². The molecule has 1 amide bonds. The summed E-state index contributed by atoms with van der Waals surface area (Å²) in [6, 6.07) is 24.8. The summed E-state index contributed by atoms with van der Waals surface area (Å²) in [5.41, 5.74) is 2.98. The van der Waals surface area contributed by atoms with Crippen molar-refractivity contribution in [3.05, 3.63) is 106 Å². The van der Waals surface area contributed by atoms with Crippen LogP contribution in [-0.4, -0.2) is 46.2 Å². The van der Waals surface area contributed by atoms with Gasteiger partial charge in [0.1, 0.15) is 6.61 Å². The largest absolute Gasteiger partial charge is 0.445 e. The minimum Gasteiger partial charge on any atom is -0.445 e. The van der Waals surface area contributed by atoms with Crippen molar-refractivity contribution in [2.45, 2.75) is 31.8 Å². The fourth-order valence-corrected chi connectivity index (χ4v) is 4.70. The van der Waals surface area contributed by atoms with Gasteiger partial charge in [-0.3, -0.25) is 4.90 Å². The summed E-state index contributed by atoms with van der Waals surface area (Å²) < 4.78 is 5.48. The van der Waals surface area contributed by atoms with E-state index in [0.717, 1.165) is 16.7 Å². The van der Waals surface area contributed by atoms with Crippen LogP contribution in [-0.2, 0) is 24.4 Å². The molecule has 0 aliphatic carbocycles. The number of aliphatic hydroxyl groups is 1. The second-order valence-corrected chi connectivity index (χ2v) is 9.12. The molecular weight excluding hydrogens is 459 g/mol. The highest BCUT2D eigenvalue weighted by Crippen LogP contribution is 2.25. The number of hydrogen-bond donors (Lipinski definition) is 1. The molecule has 0 spiro atoms. The predicted octanol–water partition coefficient (Wildman–Crippen LogP) is 5.38. The van der Waals surface area contributed by atoms with Crippen LogP contribution in [0.25, 0.3) is 0 Å². The zero-order valence-electron chi connectivity index (χ0n) is 18.1. The zero-order chi connectivity index (χ0) is 23.2. The van der Waals surface area contributed by atoms with Crippen molar-refractivity contribution < 1.29 is 14.6 Å². The SMILES string of the molecule is O=C(OCc1ccccc1)N1C[C@@H](O)[C@H](N(Cc2ccccc2)Cc2cc(Cl)cc(Cl)c2)C1. The van der Waals surface area contributed by atoms with E-state index in [9.17, 15) is 9.90 Å². The Kier molecular flexibility index (Phi) is 7.89. The van der Waals surface area contributed by atoms with Crippen molar-refractivity contribution >= 4 is 29.3 Å². The van der Waals surface area contributed by atoms with Crippen LogP contribution in [0.3, 0.4) is 0 Å². The number of halogens is 2. The van der Waals surface area contributed by atoms with Gasteiger partial charge < -0.3 is 14.7 Å². The molecule has 1 aliphatic heterocycles. The molecule has 33 heavy (non-hydrogen) atoms. The maximum Gasteiger partial charge on any atom is 0.410 e. The number of aliphatic hydroxyl groups excluding tert-OH is 1. The van der Waals surface area contributed by atoms with Gasteiger partial charge in [0.25, 0.3) is 0 Å². The molecular formula is C26H26Cl2N2O3. The van der Waals surface area contributed by atoms with Gasteiger partial charge >= 0.3 is 6.09 Å². The van der Waals surface area contributed by atoms with Crippen LogP contribution < -0.4 is 0 Å². The standard InChI is InChI=1S/C26H26Cl2N2O3/c27-22-11-21(12-23(28)13-22)15-29(14-19-7-3-1-4-8-19)24-16-30(17-25(24)31)26(32)33-18-20-9-5-2-6-10-20/h1-13,24-25,31H,14-18H2/t24-,25-/m1/s1. The van der Waals surface area contributed by atoms with Crippen molar-refractivity contribution in [1.29, 1.82) is 0 Å². The van der Waals surface area contributed by atoms with Gasteiger partial charge in [0.05, 0.1) is 18.7 Å². The second kappa shape index (κ2) is 11.0. The lowest BCUT2D eigenvalue weighted by Crippen LogP contribution is -2.42. The normalized spacial score (nSPS) is 18.0. The first-order chi connectivity index (χ1) is 16.0. The van der Waals surface area contributed by atoms with E-state index >= 15 is 0 Å². The van der Waals surface area contributed by atoms with E-state index in [-0.39, 0.29) is 19.2 Å². The Morgan fingerprint density at radius 1 is 0.879 bits per heavy atom. The van der Waals surface area contributed by atoms with Crippen LogP contribution in [0, 0.1) is 0 Å². The molecule has 5 nitrogen and oxygen atoms in total. The number of β-amino-alcohol motifs (C(OH)–C–C–N with tert-alkyl or cyclic N) is 1. The first-order valence-electron chi connectivity index (χ1n) is 10.8. The molecule has 0 saturated carbocycles. The molecule has 1 N–H and O–H groups in total. The number of likely N-dealkylation sites (tertiary alicyclic amines) is 1. The molecule has 0 bridgehead atoms. The number of ether oxygens (including phenoxy) is 1. The number of carbonyl (C=O) groups is 1. The molecule has 0 aromatic heterocycles. The highest BCUT2D eigenvalue weighted by atomic mass is 35.5. The summed E-state index contributed by atoms with van der Waals surface area (Å²) in [4.78, 5) is 16.4. The molecule has 3 aromatic carbocycles. The van der Waals surface area contributed by atoms with Gasteiger partial charge in [0, 0.05) is 29.7 Å². The monoisotopic (exact) mass is 484 g/mol. The van der Waals surface area contributed by atoms with Crippen LogP contribution in [0.4, 0.5) is 4.79 Å². The Labute approximate surface area is 204 Å². The van der Waals surface area contributed by atoms with E-state index in [0.29, 0.717) is 29.7 Å². The maximum atomic E-state index is 12.7. The summed E-state index contributed by atoms with van der Waals surface area (Å²) in [6.45, 7) is 1.94. The van der Waals surface area contributed by atoms with Gasteiger partial charge in [0.15, 0.2) is 0 Å². The van der Waals surface area contributed by atoms with Crippen LogP contribution in [0.2, 0.25) is 10.0 Å². The number of hydrogen-bond acceptors (Lipinski definition) is 4. The molecule has 1 aliphatic rings. The third kappa shape index (κ3) is 6.49. The fraction of sp³-hybridized carbons (Fsp3) is 0.269. The van der Waals surface area contributed by atoms with E-state index in [2.05, 4.69) is 4.90 Å². The Balaban J connectivity index is 1.47. The summed E-state index contributed by atoms with van der Waals surface area (Å²) in [5, 5.41) is 12.0. The molecule has 3 aromatic rings. The molecule has 1 fully saturated rings. The third-order valence-electron chi connectivity index (χ3n) is 5.73. The van der Waals surface area contributed by atoms with Gasteiger partial charge in [-0.25, -0.2) is 4.79 Å². The lowest BCUT2D eigenvalue weighted by Gasteiger charge is -2.31. The first kappa shape index (κ1) is 23.6. The van der Waals surface area contributed by atoms with E-state index in [1.54, 1.807) is 11.0 Å². The molecule has 1 heterocycles. The summed E-state index contributed by atoms with van der Waals surface area (Å²) in [6.07, 6.45) is -1.13. The lowest BCUT2D eigenvalue weighted by atomic mass is 10.1. The summed E-state index contributed by atoms with van der Waals surface area (Å²) >= 11 is 12.4. The summed E-state index contributed by atoms with van der Waals surface area (Å²) in [5.74, 6) is 0. The quantitative estimate of drug-likeness (QED) is 0.489. The number of rotatable bonds is 7. The molecule has 4 rings (SSSR count). The second-order valence-electron chi connectivity index (χ2n) is 8.25. The molecule has 0 radical (unpaired) electrons. The van der Waals surface area contributed by atoms with Gasteiger partial charge in [0.2, 0.25) is 0 Å². The number of benzene rings is 3. The highest BCUT2D eigenvalue weighted by Gasteiger charge is 2.38. The van der Waals surface area contributed by atoms with Crippen LogP contribution >= 0.6 is 23.2 Å². The van der Waals surface area contributed by atoms with Crippen LogP contribution in [0.1, 0.15) is 16.7 Å². The van der Waals surface area contributed by atoms with Gasteiger partial charge in [-0.15, -0.1) is 0 Å². The smallest absolute Gasteiger partial charge is 0.410 e. The molecule has 2 atom stereocenters. The molecule has 172 valence electrons. The molecule has 7 heteroatoms. The minimum absolute atomic E-state index is 0.200. The van der Waals surface area contributed by atoms with Gasteiger partial charge in [-0.1, -0.05) is 83.9 Å². The van der Waals surface area contributed by atoms with Crippen LogP contribution in [0.15, 0.2) is 78.9 Å². The van der Waals surface area contributed by atoms with Crippen molar-refractivity contribution in [2.75, 3.05) is 13.1 Å². The van der Waals surface area contributed by atoms with Crippen molar-refractivity contribution in [1.82, 2.24) is 9.80 Å². The minimum atomic E-state index is -0.701. The van der Waals surface area contributed by atoms with E-state index in [4.69, 9.17) is 27.9 Å². The average molecular weight is 485 g/mol.